The molecule has 2 aromatic rings. The first-order chi connectivity index (χ1) is 15.1. The Labute approximate surface area is 186 Å². The van der Waals surface area contributed by atoms with E-state index < -0.39 is 10.5 Å². The Morgan fingerprint density at radius 3 is 2.59 bits per heavy atom. The van der Waals surface area contributed by atoms with Gasteiger partial charge in [0, 0.05) is 36.3 Å². The van der Waals surface area contributed by atoms with E-state index in [1.54, 1.807) is 17.0 Å². The van der Waals surface area contributed by atoms with E-state index in [0.717, 1.165) is 17.1 Å². The van der Waals surface area contributed by atoms with Gasteiger partial charge in [0.15, 0.2) is 5.82 Å². The van der Waals surface area contributed by atoms with Crippen molar-refractivity contribution in [3.63, 3.8) is 0 Å². The first kappa shape index (κ1) is 22.1. The number of benzene rings is 1. The predicted molar refractivity (Wildman–Crippen MR) is 117 cm³/mol. The Balaban J connectivity index is 1.77. The summed E-state index contributed by atoms with van der Waals surface area (Å²) in [5, 5.41) is 21.2. The minimum absolute atomic E-state index is 0.00400. The van der Waals surface area contributed by atoms with Gasteiger partial charge in [0.2, 0.25) is 0 Å². The third-order valence-electron chi connectivity index (χ3n) is 5.83. The molecule has 1 unspecified atom stereocenters. The zero-order valence-electron chi connectivity index (χ0n) is 18.4. The number of aromatic nitrogens is 2. The van der Waals surface area contributed by atoms with Crippen molar-refractivity contribution in [2.75, 3.05) is 31.2 Å². The van der Waals surface area contributed by atoms with Gasteiger partial charge in [-0.15, -0.1) is 0 Å². The Hall–Kier alpha value is -3.11. The average molecular weight is 441 g/mol. The van der Waals surface area contributed by atoms with Gasteiger partial charge in [-0.05, 0) is 39.3 Å². The van der Waals surface area contributed by atoms with Crippen LogP contribution in [0.15, 0.2) is 24.3 Å². The molecule has 1 fully saturated rings. The van der Waals surface area contributed by atoms with Gasteiger partial charge in [-0.25, -0.2) is 9.97 Å². The molecule has 4 rings (SSSR count). The SMILES string of the molecule is CC1COCCN1c1nc(-c2ccc([N+](=O)[O-])cc2)nc2c1CCN(C(=O)C(C)(C)O)C2. The number of hydrogen-bond donors (Lipinski definition) is 1. The van der Waals surface area contributed by atoms with E-state index >= 15 is 0 Å². The van der Waals surface area contributed by atoms with Crippen LogP contribution in [0.1, 0.15) is 32.0 Å². The molecule has 0 bridgehead atoms. The standard InChI is InChI=1S/C22H27N5O5/c1-14-13-32-11-10-26(14)20-17-8-9-25(21(28)22(2,3)29)12-18(17)23-19(24-20)15-4-6-16(7-5-15)27(30)31/h4-7,14,29H,8-13H2,1-3H3. The van der Waals surface area contributed by atoms with Crippen molar-refractivity contribution in [2.45, 2.75) is 45.4 Å². The molecule has 1 aromatic heterocycles. The van der Waals surface area contributed by atoms with E-state index in [4.69, 9.17) is 14.7 Å². The van der Waals surface area contributed by atoms with Crippen LogP contribution >= 0.6 is 0 Å². The Morgan fingerprint density at radius 1 is 1.25 bits per heavy atom. The van der Waals surface area contributed by atoms with Crippen LogP contribution in [0.2, 0.25) is 0 Å². The van der Waals surface area contributed by atoms with E-state index in [1.807, 2.05) is 0 Å². The first-order valence-corrected chi connectivity index (χ1v) is 10.7. The number of anilines is 1. The highest BCUT2D eigenvalue weighted by Gasteiger charge is 2.34. The highest BCUT2D eigenvalue weighted by Crippen LogP contribution is 2.32. The van der Waals surface area contributed by atoms with Crippen molar-refractivity contribution in [2.24, 2.45) is 0 Å². The monoisotopic (exact) mass is 441 g/mol. The number of fused-ring (bicyclic) bond motifs is 1. The van der Waals surface area contributed by atoms with Gasteiger partial charge < -0.3 is 19.6 Å². The summed E-state index contributed by atoms with van der Waals surface area (Å²) in [6, 6.07) is 6.26. The molecule has 0 saturated carbocycles. The maximum atomic E-state index is 12.7. The molecule has 2 aliphatic heterocycles. The molecule has 170 valence electrons. The summed E-state index contributed by atoms with van der Waals surface area (Å²) >= 11 is 0. The van der Waals surface area contributed by atoms with Crippen LogP contribution in [0.5, 0.6) is 0 Å². The van der Waals surface area contributed by atoms with Crippen LogP contribution in [-0.2, 0) is 22.5 Å². The van der Waals surface area contributed by atoms with Gasteiger partial charge in [0.1, 0.15) is 11.4 Å². The molecule has 32 heavy (non-hydrogen) atoms. The number of carbonyl (C=O) groups excluding carboxylic acids is 1. The lowest BCUT2D eigenvalue weighted by atomic mass is 10.0. The van der Waals surface area contributed by atoms with E-state index in [2.05, 4.69) is 11.8 Å². The van der Waals surface area contributed by atoms with E-state index in [9.17, 15) is 20.0 Å². The molecule has 1 amide bonds. The third kappa shape index (κ3) is 4.28. The number of ether oxygens (including phenoxy) is 1. The maximum Gasteiger partial charge on any atom is 0.269 e. The molecule has 1 aromatic carbocycles. The van der Waals surface area contributed by atoms with Crippen LogP contribution < -0.4 is 4.90 Å². The number of aliphatic hydroxyl groups is 1. The summed E-state index contributed by atoms with van der Waals surface area (Å²) in [6.45, 7) is 7.66. The topological polar surface area (TPSA) is 122 Å². The minimum Gasteiger partial charge on any atom is -0.381 e. The van der Waals surface area contributed by atoms with E-state index in [1.165, 1.54) is 26.0 Å². The summed E-state index contributed by atoms with van der Waals surface area (Å²) in [7, 11) is 0. The molecule has 3 heterocycles. The predicted octanol–water partition coefficient (Wildman–Crippen LogP) is 1.93. The van der Waals surface area contributed by atoms with Crippen molar-refractivity contribution in [1.82, 2.24) is 14.9 Å². The van der Waals surface area contributed by atoms with Crippen molar-refractivity contribution in [3.05, 3.63) is 45.6 Å². The molecule has 0 aliphatic carbocycles. The van der Waals surface area contributed by atoms with Crippen molar-refractivity contribution < 1.29 is 19.6 Å². The fourth-order valence-electron chi connectivity index (χ4n) is 4.11. The first-order valence-electron chi connectivity index (χ1n) is 10.7. The second-order valence-electron chi connectivity index (χ2n) is 8.75. The smallest absolute Gasteiger partial charge is 0.269 e. The third-order valence-corrected chi connectivity index (χ3v) is 5.83. The van der Waals surface area contributed by atoms with E-state index in [-0.39, 0.29) is 24.2 Å². The Morgan fingerprint density at radius 2 is 1.97 bits per heavy atom. The average Bonchev–Trinajstić information content (AvgIpc) is 2.77. The number of amides is 1. The second kappa shape index (κ2) is 8.44. The fraction of sp³-hybridized carbons (Fsp3) is 0.500. The van der Waals surface area contributed by atoms with Gasteiger partial charge in [0.25, 0.3) is 11.6 Å². The van der Waals surface area contributed by atoms with Crippen molar-refractivity contribution in [3.8, 4) is 11.4 Å². The molecular formula is C22H27N5O5. The molecule has 2 aliphatic rings. The Bertz CT molecular complexity index is 1030. The molecule has 0 radical (unpaired) electrons. The number of non-ortho nitro benzene ring substituents is 1. The number of hydrogen-bond acceptors (Lipinski definition) is 8. The van der Waals surface area contributed by atoms with Crippen LogP contribution in [-0.4, -0.2) is 68.8 Å². The molecule has 10 nitrogen and oxygen atoms in total. The molecule has 10 heteroatoms. The van der Waals surface area contributed by atoms with Crippen LogP contribution in [0.3, 0.4) is 0 Å². The lowest BCUT2D eigenvalue weighted by Crippen LogP contribution is -2.48. The van der Waals surface area contributed by atoms with Gasteiger partial charge >= 0.3 is 0 Å². The molecule has 1 N–H and O–H groups in total. The lowest BCUT2D eigenvalue weighted by Gasteiger charge is -2.38. The van der Waals surface area contributed by atoms with Crippen LogP contribution in [0.4, 0.5) is 11.5 Å². The van der Waals surface area contributed by atoms with Crippen LogP contribution in [0, 0.1) is 10.1 Å². The minimum atomic E-state index is -1.46. The summed E-state index contributed by atoms with van der Waals surface area (Å²) in [5.74, 6) is 0.916. The summed E-state index contributed by atoms with van der Waals surface area (Å²) in [6.07, 6.45) is 0.580. The maximum absolute atomic E-state index is 12.7. The van der Waals surface area contributed by atoms with Gasteiger partial charge in [0.05, 0.1) is 36.4 Å². The lowest BCUT2D eigenvalue weighted by molar-refractivity contribution is -0.384. The second-order valence-corrected chi connectivity index (χ2v) is 8.75. The fourth-order valence-corrected chi connectivity index (χ4v) is 4.11. The number of morpholine rings is 1. The molecule has 0 spiro atoms. The number of carbonyl (C=O) groups is 1. The summed E-state index contributed by atoms with van der Waals surface area (Å²) in [5.41, 5.74) is 0.907. The summed E-state index contributed by atoms with van der Waals surface area (Å²) < 4.78 is 5.58. The van der Waals surface area contributed by atoms with Gasteiger partial charge in [-0.3, -0.25) is 14.9 Å². The highest BCUT2D eigenvalue weighted by atomic mass is 16.6. The highest BCUT2D eigenvalue weighted by molar-refractivity contribution is 5.84. The van der Waals surface area contributed by atoms with Crippen molar-refractivity contribution in [1.29, 1.82) is 0 Å². The largest absolute Gasteiger partial charge is 0.381 e. The zero-order chi connectivity index (χ0) is 23.0. The summed E-state index contributed by atoms with van der Waals surface area (Å²) in [4.78, 5) is 36.6. The number of rotatable bonds is 4. The Kier molecular flexibility index (Phi) is 5.83. The molecule has 1 atom stereocenters. The quantitative estimate of drug-likeness (QED) is 0.564. The van der Waals surface area contributed by atoms with E-state index in [0.29, 0.717) is 44.1 Å². The normalized spacial score (nSPS) is 18.9. The van der Waals surface area contributed by atoms with Gasteiger partial charge in [-0.1, -0.05) is 0 Å². The van der Waals surface area contributed by atoms with Crippen molar-refractivity contribution >= 4 is 17.4 Å². The van der Waals surface area contributed by atoms with Crippen LogP contribution in [0.25, 0.3) is 11.4 Å². The van der Waals surface area contributed by atoms with Gasteiger partial charge in [-0.2, -0.15) is 0 Å². The molecular weight excluding hydrogens is 414 g/mol. The number of nitro benzene ring substituents is 1. The number of nitro groups is 1. The molecule has 1 saturated heterocycles. The zero-order valence-corrected chi connectivity index (χ0v) is 18.4. The number of nitrogens with zero attached hydrogens (tertiary/aromatic N) is 5.